The van der Waals surface area contributed by atoms with Gasteiger partial charge in [0.1, 0.15) is 11.0 Å². The molecule has 0 radical (unpaired) electrons. The van der Waals surface area contributed by atoms with Crippen molar-refractivity contribution in [2.75, 3.05) is 5.32 Å². The molecule has 106 valence electrons. The monoisotopic (exact) mass is 300 g/mol. The average molecular weight is 301 g/mol. The topological polar surface area (TPSA) is 70.7 Å². The molecule has 0 saturated heterocycles. The SMILES string of the molecule is CCc1cn[nH]c1NC(=O)c1cnc(Cl)c2ccccc12. The second-order valence-corrected chi connectivity index (χ2v) is 4.94. The van der Waals surface area contributed by atoms with Gasteiger partial charge < -0.3 is 5.32 Å². The number of halogens is 1. The number of nitrogens with one attached hydrogen (secondary N) is 2. The lowest BCUT2D eigenvalue weighted by Gasteiger charge is -2.08. The molecule has 0 saturated carbocycles. The summed E-state index contributed by atoms with van der Waals surface area (Å²) >= 11 is 6.07. The van der Waals surface area contributed by atoms with Crippen LogP contribution in [-0.2, 0) is 6.42 Å². The molecule has 0 aliphatic heterocycles. The fourth-order valence-electron chi connectivity index (χ4n) is 2.21. The zero-order chi connectivity index (χ0) is 14.8. The zero-order valence-corrected chi connectivity index (χ0v) is 12.1. The van der Waals surface area contributed by atoms with E-state index in [0.29, 0.717) is 16.5 Å². The summed E-state index contributed by atoms with van der Waals surface area (Å²) in [7, 11) is 0. The molecule has 2 heterocycles. The number of rotatable bonds is 3. The van der Waals surface area contributed by atoms with Crippen LogP contribution in [0.15, 0.2) is 36.7 Å². The molecule has 3 rings (SSSR count). The van der Waals surface area contributed by atoms with Gasteiger partial charge in [0.15, 0.2) is 0 Å². The average Bonchev–Trinajstić information content (AvgIpc) is 2.95. The molecule has 1 aromatic carbocycles. The van der Waals surface area contributed by atoms with Crippen LogP contribution in [0.4, 0.5) is 5.82 Å². The van der Waals surface area contributed by atoms with E-state index in [9.17, 15) is 4.79 Å². The lowest BCUT2D eigenvalue weighted by molar-refractivity contribution is 0.102. The van der Waals surface area contributed by atoms with Gasteiger partial charge in [0, 0.05) is 17.1 Å². The summed E-state index contributed by atoms with van der Waals surface area (Å²) in [6.45, 7) is 2.00. The van der Waals surface area contributed by atoms with Crippen LogP contribution in [-0.4, -0.2) is 21.1 Å². The molecule has 0 unspecified atom stereocenters. The van der Waals surface area contributed by atoms with Gasteiger partial charge in [0.05, 0.1) is 11.8 Å². The van der Waals surface area contributed by atoms with Gasteiger partial charge in [-0.2, -0.15) is 5.10 Å². The number of nitrogens with zero attached hydrogens (tertiary/aromatic N) is 2. The summed E-state index contributed by atoms with van der Waals surface area (Å²) in [6, 6.07) is 7.42. The molecule has 21 heavy (non-hydrogen) atoms. The Bertz CT molecular complexity index is 812. The van der Waals surface area contributed by atoms with Crippen LogP contribution in [0.1, 0.15) is 22.8 Å². The van der Waals surface area contributed by atoms with Crippen LogP contribution in [0.2, 0.25) is 5.15 Å². The molecule has 1 amide bonds. The summed E-state index contributed by atoms with van der Waals surface area (Å²) in [6.07, 6.45) is 3.97. The highest BCUT2D eigenvalue weighted by atomic mass is 35.5. The van der Waals surface area contributed by atoms with E-state index in [0.717, 1.165) is 22.8 Å². The van der Waals surface area contributed by atoms with Gasteiger partial charge in [-0.05, 0) is 11.8 Å². The van der Waals surface area contributed by atoms with Crippen molar-refractivity contribution in [3.05, 3.63) is 52.9 Å². The summed E-state index contributed by atoms with van der Waals surface area (Å²) in [5, 5.41) is 11.5. The van der Waals surface area contributed by atoms with E-state index in [2.05, 4.69) is 20.5 Å². The fourth-order valence-corrected chi connectivity index (χ4v) is 2.42. The third kappa shape index (κ3) is 2.48. The molecular formula is C15H13ClN4O. The molecular weight excluding hydrogens is 288 g/mol. The van der Waals surface area contributed by atoms with Crippen molar-refractivity contribution in [2.24, 2.45) is 0 Å². The fraction of sp³-hybridized carbons (Fsp3) is 0.133. The molecule has 0 atom stereocenters. The number of carbonyl (C=O) groups is 1. The Kier molecular flexibility index (Phi) is 3.58. The van der Waals surface area contributed by atoms with Gasteiger partial charge in [-0.25, -0.2) is 4.98 Å². The van der Waals surface area contributed by atoms with E-state index in [1.165, 1.54) is 6.20 Å². The van der Waals surface area contributed by atoms with Crippen molar-refractivity contribution >= 4 is 34.1 Å². The zero-order valence-electron chi connectivity index (χ0n) is 11.4. The van der Waals surface area contributed by atoms with Crippen molar-refractivity contribution in [3.63, 3.8) is 0 Å². The first kappa shape index (κ1) is 13.6. The highest BCUT2D eigenvalue weighted by molar-refractivity contribution is 6.35. The smallest absolute Gasteiger partial charge is 0.259 e. The molecule has 2 N–H and O–H groups in total. The van der Waals surface area contributed by atoms with Crippen LogP contribution in [0.3, 0.4) is 0 Å². The summed E-state index contributed by atoms with van der Waals surface area (Å²) in [4.78, 5) is 16.5. The van der Waals surface area contributed by atoms with E-state index in [-0.39, 0.29) is 5.91 Å². The molecule has 0 spiro atoms. The number of anilines is 1. The van der Waals surface area contributed by atoms with Gasteiger partial charge >= 0.3 is 0 Å². The van der Waals surface area contributed by atoms with Gasteiger partial charge in [0.25, 0.3) is 5.91 Å². The maximum atomic E-state index is 12.5. The number of H-pyrrole nitrogens is 1. The van der Waals surface area contributed by atoms with E-state index in [1.807, 2.05) is 31.2 Å². The predicted octanol–water partition coefficient (Wildman–Crippen LogP) is 3.43. The van der Waals surface area contributed by atoms with Crippen molar-refractivity contribution in [2.45, 2.75) is 13.3 Å². The number of aromatic amines is 1. The van der Waals surface area contributed by atoms with Crippen LogP contribution in [0.5, 0.6) is 0 Å². The molecule has 0 aliphatic carbocycles. The van der Waals surface area contributed by atoms with E-state index >= 15 is 0 Å². The van der Waals surface area contributed by atoms with Crippen LogP contribution < -0.4 is 5.32 Å². The molecule has 0 bridgehead atoms. The molecule has 6 heteroatoms. The molecule has 3 aromatic rings. The third-order valence-electron chi connectivity index (χ3n) is 3.33. The van der Waals surface area contributed by atoms with Crippen molar-refractivity contribution < 1.29 is 4.79 Å². The molecule has 0 aliphatic rings. The number of pyridine rings is 1. The Morgan fingerprint density at radius 3 is 2.81 bits per heavy atom. The summed E-state index contributed by atoms with van der Waals surface area (Å²) in [5.74, 6) is 0.371. The molecule has 2 aromatic heterocycles. The highest BCUT2D eigenvalue weighted by Gasteiger charge is 2.14. The first-order valence-electron chi connectivity index (χ1n) is 6.57. The van der Waals surface area contributed by atoms with E-state index in [4.69, 9.17) is 11.6 Å². The van der Waals surface area contributed by atoms with Gasteiger partial charge in [-0.15, -0.1) is 0 Å². The summed E-state index contributed by atoms with van der Waals surface area (Å²) < 4.78 is 0. The third-order valence-corrected chi connectivity index (χ3v) is 3.63. The lowest BCUT2D eigenvalue weighted by atomic mass is 10.1. The standard InChI is InChI=1S/C15H13ClN4O/c1-2-9-7-18-20-14(9)19-15(21)12-8-17-13(16)11-6-4-3-5-10(11)12/h3-8H,2H2,1H3,(H2,18,19,20,21). The quantitative estimate of drug-likeness (QED) is 0.728. The number of fused-ring (bicyclic) bond motifs is 1. The van der Waals surface area contributed by atoms with Gasteiger partial charge in [-0.3, -0.25) is 9.89 Å². The first-order valence-corrected chi connectivity index (χ1v) is 6.95. The Morgan fingerprint density at radius 1 is 1.29 bits per heavy atom. The number of aromatic nitrogens is 3. The van der Waals surface area contributed by atoms with Crippen LogP contribution >= 0.6 is 11.6 Å². The molecule has 0 fully saturated rings. The minimum Gasteiger partial charge on any atom is -0.307 e. The maximum absolute atomic E-state index is 12.5. The number of hydrogen-bond acceptors (Lipinski definition) is 3. The van der Waals surface area contributed by atoms with E-state index < -0.39 is 0 Å². The number of benzene rings is 1. The number of carbonyl (C=O) groups excluding carboxylic acids is 1. The Balaban J connectivity index is 2.01. The van der Waals surface area contributed by atoms with Gasteiger partial charge in [0.2, 0.25) is 0 Å². The van der Waals surface area contributed by atoms with Gasteiger partial charge in [-0.1, -0.05) is 42.8 Å². The number of amides is 1. The van der Waals surface area contributed by atoms with Crippen molar-refractivity contribution in [1.29, 1.82) is 0 Å². The first-order chi connectivity index (χ1) is 10.2. The minimum absolute atomic E-state index is 0.241. The lowest BCUT2D eigenvalue weighted by Crippen LogP contribution is -2.14. The summed E-state index contributed by atoms with van der Waals surface area (Å²) in [5.41, 5.74) is 1.43. The normalized spacial score (nSPS) is 10.8. The molecule has 5 nitrogen and oxygen atoms in total. The maximum Gasteiger partial charge on any atom is 0.259 e. The van der Waals surface area contributed by atoms with Crippen molar-refractivity contribution in [3.8, 4) is 0 Å². The Labute approximate surface area is 126 Å². The number of aryl methyl sites for hydroxylation is 1. The second-order valence-electron chi connectivity index (χ2n) is 4.59. The predicted molar refractivity (Wildman–Crippen MR) is 82.7 cm³/mol. The Morgan fingerprint density at radius 2 is 2.05 bits per heavy atom. The highest BCUT2D eigenvalue weighted by Crippen LogP contribution is 2.25. The Hall–Kier alpha value is -2.40. The largest absolute Gasteiger partial charge is 0.307 e. The van der Waals surface area contributed by atoms with E-state index in [1.54, 1.807) is 6.20 Å². The number of hydrogen-bond donors (Lipinski definition) is 2. The van der Waals surface area contributed by atoms with Crippen LogP contribution in [0.25, 0.3) is 10.8 Å². The minimum atomic E-state index is -0.241. The van der Waals surface area contributed by atoms with Crippen molar-refractivity contribution in [1.82, 2.24) is 15.2 Å². The second kappa shape index (κ2) is 5.54. The van der Waals surface area contributed by atoms with Crippen LogP contribution in [0, 0.1) is 0 Å².